The smallest absolute Gasteiger partial charge is 0.325 e. The van der Waals surface area contributed by atoms with E-state index >= 15 is 0 Å². The molecule has 0 spiro atoms. The van der Waals surface area contributed by atoms with Crippen LogP contribution in [0.5, 0.6) is 5.75 Å². The molecule has 1 aliphatic heterocycles. The minimum absolute atomic E-state index is 0.0779. The Balaban J connectivity index is 2.24. The van der Waals surface area contributed by atoms with Crippen LogP contribution in [0.4, 0.5) is 10.5 Å². The van der Waals surface area contributed by atoms with E-state index in [9.17, 15) is 14.7 Å². The number of rotatable bonds is 4. The highest BCUT2D eigenvalue weighted by Crippen LogP contribution is 2.25. The van der Waals surface area contributed by atoms with Crippen molar-refractivity contribution in [3.63, 3.8) is 0 Å². The molecule has 1 saturated heterocycles. The molecule has 1 atom stereocenters. The molecule has 0 bridgehead atoms. The minimum atomic E-state index is -1.07. The lowest BCUT2D eigenvalue weighted by Gasteiger charge is -2.30. The topological polar surface area (TPSA) is 81.1 Å². The number of carbonyl (C=O) groups excluding carboxylic acids is 1. The second kappa shape index (κ2) is 6.47. The number of carboxylic acid groups (broad SMARTS) is 1. The number of phenolic OH excluding ortho intramolecular Hbond substituents is 1. The number of urea groups is 1. The van der Waals surface area contributed by atoms with Crippen molar-refractivity contribution < 1.29 is 19.8 Å². The summed E-state index contributed by atoms with van der Waals surface area (Å²) < 4.78 is 0. The van der Waals surface area contributed by atoms with Crippen LogP contribution in [0.3, 0.4) is 0 Å². The third-order valence-corrected chi connectivity index (χ3v) is 3.78. The lowest BCUT2D eigenvalue weighted by molar-refractivity contribution is -0.135. The average molecular weight is 292 g/mol. The summed E-state index contributed by atoms with van der Waals surface area (Å²) in [6.45, 7) is 2.29. The van der Waals surface area contributed by atoms with Gasteiger partial charge in [0.2, 0.25) is 0 Å². The Hall–Kier alpha value is -2.24. The van der Waals surface area contributed by atoms with E-state index in [0.717, 1.165) is 19.3 Å². The van der Waals surface area contributed by atoms with Gasteiger partial charge in [-0.2, -0.15) is 0 Å². The summed E-state index contributed by atoms with van der Waals surface area (Å²) in [6, 6.07) is 5.87. The summed E-state index contributed by atoms with van der Waals surface area (Å²) in [5.41, 5.74) is 0.474. The maximum absolute atomic E-state index is 12.7. The van der Waals surface area contributed by atoms with Crippen LogP contribution in [0.25, 0.3) is 0 Å². The Morgan fingerprint density at radius 3 is 2.57 bits per heavy atom. The molecule has 1 unspecified atom stereocenters. The van der Waals surface area contributed by atoms with Crippen LogP contribution in [0.15, 0.2) is 24.3 Å². The molecule has 1 aromatic carbocycles. The summed E-state index contributed by atoms with van der Waals surface area (Å²) in [6.07, 6.45) is 2.77. The number of nitrogens with zero attached hydrogens (tertiary/aromatic N) is 2. The molecule has 1 heterocycles. The van der Waals surface area contributed by atoms with Crippen molar-refractivity contribution in [2.45, 2.75) is 32.2 Å². The lowest BCUT2D eigenvalue weighted by Crippen LogP contribution is -2.47. The number of benzene rings is 1. The first-order chi connectivity index (χ1) is 10.0. The fourth-order valence-electron chi connectivity index (χ4n) is 2.70. The molecule has 0 aliphatic carbocycles. The first kappa shape index (κ1) is 15.2. The molecule has 0 aromatic heterocycles. The number of amides is 2. The van der Waals surface area contributed by atoms with Gasteiger partial charge in [0, 0.05) is 18.3 Å². The Bertz CT molecular complexity index is 515. The zero-order valence-corrected chi connectivity index (χ0v) is 12.0. The van der Waals surface area contributed by atoms with Crippen LogP contribution >= 0.6 is 0 Å². The van der Waals surface area contributed by atoms with Gasteiger partial charge in [-0.15, -0.1) is 0 Å². The van der Waals surface area contributed by atoms with Gasteiger partial charge >= 0.3 is 12.0 Å². The van der Waals surface area contributed by atoms with Crippen molar-refractivity contribution in [2.75, 3.05) is 18.0 Å². The lowest BCUT2D eigenvalue weighted by atomic mass is 10.2. The van der Waals surface area contributed by atoms with Crippen LogP contribution in [-0.4, -0.2) is 46.2 Å². The zero-order chi connectivity index (χ0) is 15.4. The average Bonchev–Trinajstić information content (AvgIpc) is 2.93. The van der Waals surface area contributed by atoms with Crippen molar-refractivity contribution in [1.82, 2.24) is 4.90 Å². The van der Waals surface area contributed by atoms with Gasteiger partial charge in [0.15, 0.2) is 0 Å². The van der Waals surface area contributed by atoms with Crippen molar-refractivity contribution in [1.29, 1.82) is 0 Å². The third kappa shape index (κ3) is 3.45. The Kier molecular flexibility index (Phi) is 4.67. The zero-order valence-electron chi connectivity index (χ0n) is 12.0. The van der Waals surface area contributed by atoms with Crippen LogP contribution < -0.4 is 4.90 Å². The van der Waals surface area contributed by atoms with Crippen molar-refractivity contribution in [2.24, 2.45) is 0 Å². The van der Waals surface area contributed by atoms with E-state index in [1.54, 1.807) is 17.0 Å². The van der Waals surface area contributed by atoms with E-state index in [2.05, 4.69) is 0 Å². The molecule has 1 aliphatic rings. The molecule has 2 N–H and O–H groups in total. The van der Waals surface area contributed by atoms with E-state index in [4.69, 9.17) is 5.11 Å². The van der Waals surface area contributed by atoms with Gasteiger partial charge in [-0.3, -0.25) is 9.69 Å². The number of aliphatic carboxylic acids is 1. The molecular formula is C15H20N2O4. The number of likely N-dealkylation sites (tertiary alicyclic amines) is 1. The number of hydrogen-bond acceptors (Lipinski definition) is 3. The molecular weight excluding hydrogens is 272 g/mol. The van der Waals surface area contributed by atoms with E-state index in [0.29, 0.717) is 12.2 Å². The maximum atomic E-state index is 12.7. The highest BCUT2D eigenvalue weighted by atomic mass is 16.4. The highest BCUT2D eigenvalue weighted by Gasteiger charge is 2.32. The van der Waals surface area contributed by atoms with Crippen molar-refractivity contribution >= 4 is 17.7 Å². The second-order valence-electron chi connectivity index (χ2n) is 5.18. The van der Waals surface area contributed by atoms with Gasteiger partial charge in [-0.25, -0.2) is 4.79 Å². The Labute approximate surface area is 123 Å². The first-order valence-corrected chi connectivity index (χ1v) is 7.12. The van der Waals surface area contributed by atoms with E-state index < -0.39 is 12.5 Å². The van der Waals surface area contributed by atoms with E-state index in [1.165, 1.54) is 17.0 Å². The molecule has 114 valence electrons. The van der Waals surface area contributed by atoms with E-state index in [1.807, 2.05) is 6.92 Å². The Morgan fingerprint density at radius 1 is 1.33 bits per heavy atom. The van der Waals surface area contributed by atoms with Crippen LogP contribution in [0.1, 0.15) is 26.2 Å². The number of anilines is 1. The summed E-state index contributed by atoms with van der Waals surface area (Å²) in [4.78, 5) is 26.7. The first-order valence-electron chi connectivity index (χ1n) is 7.12. The number of aromatic hydroxyl groups is 1. The van der Waals surface area contributed by atoms with Gasteiger partial charge in [-0.1, -0.05) is 6.92 Å². The van der Waals surface area contributed by atoms with Crippen molar-refractivity contribution in [3.05, 3.63) is 24.3 Å². The summed E-state index contributed by atoms with van der Waals surface area (Å²) in [7, 11) is 0. The van der Waals surface area contributed by atoms with Crippen LogP contribution in [0.2, 0.25) is 0 Å². The van der Waals surface area contributed by atoms with Gasteiger partial charge < -0.3 is 15.1 Å². The van der Waals surface area contributed by atoms with Gasteiger partial charge in [-0.05, 0) is 43.5 Å². The number of hydrogen-bond donors (Lipinski definition) is 2. The van der Waals surface area contributed by atoms with E-state index in [-0.39, 0.29) is 17.8 Å². The molecule has 2 rings (SSSR count). The summed E-state index contributed by atoms with van der Waals surface area (Å²) in [5, 5.41) is 18.4. The minimum Gasteiger partial charge on any atom is -0.508 e. The molecule has 0 radical (unpaired) electrons. The summed E-state index contributed by atoms with van der Waals surface area (Å²) >= 11 is 0. The fraction of sp³-hybridized carbons (Fsp3) is 0.467. The van der Waals surface area contributed by atoms with Crippen molar-refractivity contribution in [3.8, 4) is 5.75 Å². The van der Waals surface area contributed by atoms with Gasteiger partial charge in [0.25, 0.3) is 0 Å². The molecule has 2 amide bonds. The molecule has 6 nitrogen and oxygen atoms in total. The molecule has 1 fully saturated rings. The van der Waals surface area contributed by atoms with Crippen LogP contribution in [-0.2, 0) is 4.79 Å². The SMILES string of the molecule is CCC1CCCN1C(=O)N(CC(=O)O)c1ccc(O)cc1. The molecule has 1 aromatic rings. The normalized spacial score (nSPS) is 17.8. The number of carboxylic acids is 1. The quantitative estimate of drug-likeness (QED) is 0.892. The Morgan fingerprint density at radius 2 is 2.00 bits per heavy atom. The fourth-order valence-corrected chi connectivity index (χ4v) is 2.70. The predicted octanol–water partition coefficient (Wildman–Crippen LogP) is 2.28. The predicted molar refractivity (Wildman–Crippen MR) is 78.5 cm³/mol. The monoisotopic (exact) mass is 292 g/mol. The molecule has 0 saturated carbocycles. The molecule has 21 heavy (non-hydrogen) atoms. The maximum Gasteiger partial charge on any atom is 0.325 e. The highest BCUT2D eigenvalue weighted by molar-refractivity contribution is 5.96. The third-order valence-electron chi connectivity index (χ3n) is 3.78. The van der Waals surface area contributed by atoms with Gasteiger partial charge in [0.1, 0.15) is 12.3 Å². The number of phenols is 1. The number of carbonyl (C=O) groups is 2. The standard InChI is InChI=1S/C15H20N2O4/c1-2-11-4-3-9-16(11)15(21)17(10-14(19)20)12-5-7-13(18)8-6-12/h5-8,11,18H,2-4,9-10H2,1H3,(H,19,20). The summed E-state index contributed by atoms with van der Waals surface area (Å²) in [5.74, 6) is -0.988. The van der Waals surface area contributed by atoms with Crippen LogP contribution in [0, 0.1) is 0 Å². The van der Waals surface area contributed by atoms with Gasteiger partial charge in [0.05, 0.1) is 0 Å². The second-order valence-corrected chi connectivity index (χ2v) is 5.18. The largest absolute Gasteiger partial charge is 0.508 e. The molecule has 6 heteroatoms.